The van der Waals surface area contributed by atoms with Crippen LogP contribution in [0.2, 0.25) is 10.0 Å². The second-order valence-corrected chi connectivity index (χ2v) is 10.4. The molecular formula is C29H31Cl2N6O2+. The van der Waals surface area contributed by atoms with Crippen LogP contribution in [0.25, 0.3) is 0 Å². The molecule has 0 aliphatic heterocycles. The van der Waals surface area contributed by atoms with Crippen LogP contribution in [0, 0.1) is 0 Å². The van der Waals surface area contributed by atoms with E-state index in [9.17, 15) is 9.59 Å². The Labute approximate surface area is 237 Å². The van der Waals surface area contributed by atoms with Crippen LogP contribution in [0.15, 0.2) is 76.8 Å². The monoisotopic (exact) mass is 565 g/mol. The van der Waals surface area contributed by atoms with E-state index >= 15 is 0 Å². The van der Waals surface area contributed by atoms with Gasteiger partial charge in [-0.2, -0.15) is 4.99 Å². The summed E-state index contributed by atoms with van der Waals surface area (Å²) >= 11 is 12.2. The molecule has 0 unspecified atom stereocenters. The maximum absolute atomic E-state index is 13.4. The number of guanidine groups is 1. The van der Waals surface area contributed by atoms with Crippen molar-refractivity contribution in [3.63, 3.8) is 0 Å². The van der Waals surface area contributed by atoms with E-state index in [4.69, 9.17) is 34.5 Å². The van der Waals surface area contributed by atoms with E-state index < -0.39 is 5.91 Å². The van der Waals surface area contributed by atoms with Crippen molar-refractivity contribution >= 4 is 46.8 Å². The van der Waals surface area contributed by atoms with Gasteiger partial charge in [0.05, 0.1) is 6.54 Å². The molecule has 0 radical (unpaired) electrons. The van der Waals surface area contributed by atoms with Crippen LogP contribution in [0.4, 0.5) is 10.5 Å². The predicted molar refractivity (Wildman–Crippen MR) is 154 cm³/mol. The first-order chi connectivity index (χ1) is 18.8. The molecule has 4 rings (SSSR count). The summed E-state index contributed by atoms with van der Waals surface area (Å²) in [5.41, 5.74) is 14.5. The lowest BCUT2D eigenvalue weighted by Crippen LogP contribution is -2.39. The fourth-order valence-corrected chi connectivity index (χ4v) is 5.33. The molecule has 10 heteroatoms. The van der Waals surface area contributed by atoms with E-state index in [0.29, 0.717) is 21.5 Å². The van der Waals surface area contributed by atoms with Gasteiger partial charge in [-0.05, 0) is 77.9 Å². The number of carbonyl (C=O) groups is 2. The van der Waals surface area contributed by atoms with Crippen molar-refractivity contribution in [2.75, 3.05) is 4.90 Å². The largest absolute Gasteiger partial charge is 0.363 e. The van der Waals surface area contributed by atoms with Crippen LogP contribution in [0.3, 0.4) is 0 Å². The molecule has 202 valence electrons. The summed E-state index contributed by atoms with van der Waals surface area (Å²) in [4.78, 5) is 31.0. The number of urea groups is 1. The molecule has 0 heterocycles. The van der Waals surface area contributed by atoms with E-state index in [-0.39, 0.29) is 25.1 Å². The van der Waals surface area contributed by atoms with Gasteiger partial charge in [0, 0.05) is 33.0 Å². The molecule has 8 nitrogen and oxygen atoms in total. The van der Waals surface area contributed by atoms with E-state index in [0.717, 1.165) is 16.8 Å². The Morgan fingerprint density at radius 3 is 2.18 bits per heavy atom. The van der Waals surface area contributed by atoms with E-state index in [1.165, 1.54) is 37.7 Å². The lowest BCUT2D eigenvalue weighted by atomic mass is 9.84. The SMILES string of the molecule is NC(N=[NH2+])=NC(=O)c1ccc(CN(C(=O)NCc2cc(Cl)cc(Cl)c2)c2ccc(C3CCCCC3)cc2)cc1. The third-order valence-corrected chi connectivity index (χ3v) is 7.22. The van der Waals surface area contributed by atoms with Crippen molar-refractivity contribution in [2.24, 2.45) is 15.8 Å². The highest BCUT2D eigenvalue weighted by Gasteiger charge is 2.19. The van der Waals surface area contributed by atoms with Gasteiger partial charge in [-0.3, -0.25) is 9.69 Å². The maximum Gasteiger partial charge on any atom is 0.322 e. The van der Waals surface area contributed by atoms with Gasteiger partial charge in [0.15, 0.2) is 0 Å². The highest BCUT2D eigenvalue weighted by molar-refractivity contribution is 6.34. The van der Waals surface area contributed by atoms with Crippen molar-refractivity contribution in [3.8, 4) is 0 Å². The molecule has 39 heavy (non-hydrogen) atoms. The molecular weight excluding hydrogens is 535 g/mol. The lowest BCUT2D eigenvalue weighted by molar-refractivity contribution is -0.207. The molecule has 1 aliphatic carbocycles. The Kier molecular flexibility index (Phi) is 9.68. The summed E-state index contributed by atoms with van der Waals surface area (Å²) in [6.07, 6.45) is 6.21. The molecule has 1 saturated carbocycles. The quantitative estimate of drug-likeness (QED) is 0.195. The summed E-state index contributed by atoms with van der Waals surface area (Å²) in [5, 5.41) is 7.16. The Hall–Kier alpha value is -3.75. The van der Waals surface area contributed by atoms with Crippen molar-refractivity contribution in [3.05, 3.63) is 99.0 Å². The van der Waals surface area contributed by atoms with Gasteiger partial charge in [0.25, 0.3) is 11.9 Å². The van der Waals surface area contributed by atoms with Crippen molar-refractivity contribution < 1.29 is 15.1 Å². The number of carbonyl (C=O) groups excluding carboxylic acids is 2. The first-order valence-electron chi connectivity index (χ1n) is 12.8. The van der Waals surface area contributed by atoms with Crippen LogP contribution >= 0.6 is 23.2 Å². The zero-order valence-electron chi connectivity index (χ0n) is 21.4. The first-order valence-corrected chi connectivity index (χ1v) is 13.6. The van der Waals surface area contributed by atoms with Crippen LogP contribution in [0.1, 0.15) is 65.1 Å². The van der Waals surface area contributed by atoms with Crippen LogP contribution in [0.5, 0.6) is 0 Å². The van der Waals surface area contributed by atoms with Gasteiger partial charge in [-0.25, -0.2) is 4.79 Å². The number of aliphatic imine (C=N–C) groups is 1. The third kappa shape index (κ3) is 7.88. The molecule has 0 spiro atoms. The number of nitrogens with zero attached hydrogens (tertiary/aromatic N) is 3. The average molecular weight is 567 g/mol. The zero-order valence-corrected chi connectivity index (χ0v) is 23.0. The number of hydrogen-bond acceptors (Lipinski definition) is 2. The minimum absolute atomic E-state index is 0.259. The molecule has 0 atom stereocenters. The van der Waals surface area contributed by atoms with E-state index in [1.54, 1.807) is 47.4 Å². The van der Waals surface area contributed by atoms with Gasteiger partial charge in [0.1, 0.15) is 0 Å². The number of amides is 3. The Bertz CT molecular complexity index is 1330. The van der Waals surface area contributed by atoms with Crippen LogP contribution in [-0.4, -0.2) is 17.9 Å². The lowest BCUT2D eigenvalue weighted by Gasteiger charge is -2.26. The van der Waals surface area contributed by atoms with Gasteiger partial charge < -0.3 is 11.1 Å². The summed E-state index contributed by atoms with van der Waals surface area (Å²) < 4.78 is 0. The molecule has 0 bridgehead atoms. The highest BCUT2D eigenvalue weighted by Crippen LogP contribution is 2.33. The number of anilines is 1. The Morgan fingerprint density at radius 2 is 1.56 bits per heavy atom. The highest BCUT2D eigenvalue weighted by atomic mass is 35.5. The summed E-state index contributed by atoms with van der Waals surface area (Å²) in [5.74, 6) is -0.289. The summed E-state index contributed by atoms with van der Waals surface area (Å²) in [6.45, 7) is 0.539. The first kappa shape index (κ1) is 28.3. The molecule has 1 aliphatic rings. The molecule has 0 aromatic heterocycles. The molecule has 3 aromatic carbocycles. The van der Waals surface area contributed by atoms with Gasteiger partial charge in [-0.15, -0.1) is 5.53 Å². The Balaban J connectivity index is 1.54. The van der Waals surface area contributed by atoms with E-state index in [1.807, 2.05) is 12.1 Å². The molecule has 0 saturated heterocycles. The topological polar surface area (TPSA) is 126 Å². The van der Waals surface area contributed by atoms with Gasteiger partial charge >= 0.3 is 6.03 Å². The number of nitrogens with one attached hydrogen (secondary N) is 1. The smallest absolute Gasteiger partial charge is 0.322 e. The standard InChI is InChI=1S/C29H30Cl2N6O2/c30-24-14-20(15-25(31)16-24)17-34-29(39)37(26-12-10-22(11-13-26)21-4-2-1-3-5-21)18-19-6-8-23(9-7-19)27(38)35-28(32)36-33/h6-16,21,33H,1-5,17-18H2,(H,34,39)(H2,32,35,38)/p+1. The van der Waals surface area contributed by atoms with Crippen LogP contribution in [-0.2, 0) is 13.1 Å². The predicted octanol–water partition coefficient (Wildman–Crippen LogP) is 5.62. The maximum atomic E-state index is 13.4. The summed E-state index contributed by atoms with van der Waals surface area (Å²) in [7, 11) is 0. The number of benzene rings is 3. The summed E-state index contributed by atoms with van der Waals surface area (Å²) in [6, 6.07) is 19.9. The second-order valence-electron chi connectivity index (χ2n) is 9.55. The van der Waals surface area contributed by atoms with Crippen molar-refractivity contribution in [1.29, 1.82) is 0 Å². The number of nitrogens with two attached hydrogens (primary N) is 2. The van der Waals surface area contributed by atoms with Gasteiger partial charge in [0.2, 0.25) is 0 Å². The minimum atomic E-state index is -0.554. The Morgan fingerprint density at radius 1 is 0.923 bits per heavy atom. The fraction of sp³-hybridized carbons (Fsp3) is 0.276. The zero-order chi connectivity index (χ0) is 27.8. The van der Waals surface area contributed by atoms with Crippen LogP contribution < -0.4 is 21.5 Å². The van der Waals surface area contributed by atoms with E-state index in [2.05, 4.69) is 27.6 Å². The molecule has 3 aromatic rings. The van der Waals surface area contributed by atoms with Crippen molar-refractivity contribution in [2.45, 2.75) is 51.1 Å². The molecule has 3 amide bonds. The second kappa shape index (κ2) is 13.4. The van der Waals surface area contributed by atoms with Crippen molar-refractivity contribution in [1.82, 2.24) is 5.32 Å². The van der Waals surface area contributed by atoms with Gasteiger partial charge in [-0.1, -0.05) is 66.7 Å². The third-order valence-electron chi connectivity index (χ3n) is 6.78. The molecule has 1 fully saturated rings. The minimum Gasteiger partial charge on any atom is -0.363 e. The fourth-order valence-electron chi connectivity index (χ4n) is 4.76. The number of hydrogen-bond donors (Lipinski definition) is 3. The molecule has 5 N–H and O–H groups in total. The number of halogens is 2. The average Bonchev–Trinajstić information content (AvgIpc) is 2.95. The normalized spacial score (nSPS) is 14.1. The number of rotatable bonds is 7.